The minimum atomic E-state index is -4.25. The third kappa shape index (κ3) is 2.79. The Morgan fingerprint density at radius 3 is 2.72 bits per heavy atom. The molecule has 0 saturated carbocycles. The molecule has 1 N–H and O–H groups in total. The average molecular weight is 261 g/mol. The van der Waals surface area contributed by atoms with E-state index < -0.39 is 18.5 Å². The highest BCUT2D eigenvalue weighted by Crippen LogP contribution is 2.17. The third-order valence-corrected chi connectivity index (χ3v) is 2.54. The maximum Gasteiger partial charge on any atom is 0.401 e. The van der Waals surface area contributed by atoms with Crippen LogP contribution in [0.4, 0.5) is 17.6 Å². The topological polar surface area (TPSA) is 29.9 Å². The van der Waals surface area contributed by atoms with Crippen LogP contribution in [0, 0.1) is 5.82 Å². The number of imidazole rings is 1. The first-order valence-electron chi connectivity index (χ1n) is 5.25. The van der Waals surface area contributed by atoms with Crippen LogP contribution in [0.5, 0.6) is 0 Å². The Hall–Kier alpha value is -1.63. The third-order valence-electron chi connectivity index (χ3n) is 2.54. The van der Waals surface area contributed by atoms with E-state index in [1.54, 1.807) is 17.7 Å². The van der Waals surface area contributed by atoms with Crippen molar-refractivity contribution in [3.63, 3.8) is 0 Å². The Kier molecular flexibility index (Phi) is 3.25. The number of benzene rings is 1. The van der Waals surface area contributed by atoms with Crippen LogP contribution in [0.1, 0.15) is 5.82 Å². The predicted octanol–water partition coefficient (Wildman–Crippen LogP) is 2.36. The number of aryl methyl sites for hydroxylation is 1. The van der Waals surface area contributed by atoms with Crippen LogP contribution >= 0.6 is 0 Å². The van der Waals surface area contributed by atoms with Gasteiger partial charge in [-0.15, -0.1) is 0 Å². The van der Waals surface area contributed by atoms with Gasteiger partial charge in [0.15, 0.2) is 0 Å². The molecular weight excluding hydrogens is 250 g/mol. The molecule has 0 aliphatic heterocycles. The van der Waals surface area contributed by atoms with E-state index >= 15 is 0 Å². The van der Waals surface area contributed by atoms with Crippen molar-refractivity contribution in [2.75, 3.05) is 6.54 Å². The number of hydrogen-bond acceptors (Lipinski definition) is 2. The molecule has 98 valence electrons. The quantitative estimate of drug-likeness (QED) is 0.860. The van der Waals surface area contributed by atoms with E-state index in [1.165, 1.54) is 12.1 Å². The molecule has 1 aromatic heterocycles. The number of nitrogens with one attached hydrogen (secondary N) is 1. The molecule has 0 atom stereocenters. The van der Waals surface area contributed by atoms with Gasteiger partial charge in [0, 0.05) is 13.1 Å². The predicted molar refractivity (Wildman–Crippen MR) is 58.4 cm³/mol. The van der Waals surface area contributed by atoms with Crippen molar-refractivity contribution in [2.45, 2.75) is 12.7 Å². The highest BCUT2D eigenvalue weighted by atomic mass is 19.4. The van der Waals surface area contributed by atoms with Crippen molar-refractivity contribution in [1.29, 1.82) is 0 Å². The lowest BCUT2D eigenvalue weighted by molar-refractivity contribution is -0.125. The minimum Gasteiger partial charge on any atom is -0.330 e. The molecular formula is C11H11F4N3. The number of halogens is 4. The maximum atomic E-state index is 13.0. The van der Waals surface area contributed by atoms with Crippen LogP contribution < -0.4 is 5.32 Å². The summed E-state index contributed by atoms with van der Waals surface area (Å²) >= 11 is 0. The van der Waals surface area contributed by atoms with E-state index in [1.807, 2.05) is 0 Å². The number of nitrogens with zero attached hydrogens (tertiary/aromatic N) is 2. The number of aromatic nitrogens is 2. The molecule has 0 aliphatic rings. The van der Waals surface area contributed by atoms with Crippen LogP contribution in [-0.4, -0.2) is 22.3 Å². The van der Waals surface area contributed by atoms with E-state index in [2.05, 4.69) is 10.3 Å². The fourth-order valence-electron chi connectivity index (χ4n) is 1.70. The van der Waals surface area contributed by atoms with E-state index in [0.717, 1.165) is 0 Å². The second-order valence-electron chi connectivity index (χ2n) is 3.94. The van der Waals surface area contributed by atoms with Gasteiger partial charge in [-0.1, -0.05) is 0 Å². The summed E-state index contributed by atoms with van der Waals surface area (Å²) in [5.74, 6) is 0.00949. The van der Waals surface area contributed by atoms with Crippen molar-refractivity contribution in [2.24, 2.45) is 7.05 Å². The summed E-state index contributed by atoms with van der Waals surface area (Å²) in [6.45, 7) is -1.10. The molecule has 1 heterocycles. The summed E-state index contributed by atoms with van der Waals surface area (Å²) in [5.41, 5.74) is 1.11. The van der Waals surface area contributed by atoms with Crippen LogP contribution in [0.2, 0.25) is 0 Å². The summed E-state index contributed by atoms with van der Waals surface area (Å²) in [5, 5.41) is 2.26. The zero-order chi connectivity index (χ0) is 13.3. The van der Waals surface area contributed by atoms with Crippen LogP contribution in [0.15, 0.2) is 18.2 Å². The lowest BCUT2D eigenvalue weighted by Gasteiger charge is -2.07. The first-order valence-corrected chi connectivity index (χ1v) is 5.25. The van der Waals surface area contributed by atoms with E-state index in [-0.39, 0.29) is 6.54 Å². The number of rotatable bonds is 3. The average Bonchev–Trinajstić information content (AvgIpc) is 2.53. The molecule has 0 radical (unpaired) electrons. The van der Waals surface area contributed by atoms with Gasteiger partial charge < -0.3 is 9.88 Å². The Morgan fingerprint density at radius 2 is 2.06 bits per heavy atom. The first kappa shape index (κ1) is 12.8. The van der Waals surface area contributed by atoms with Gasteiger partial charge in [0.25, 0.3) is 0 Å². The summed E-state index contributed by atoms with van der Waals surface area (Å²) in [6, 6.07) is 4.09. The highest BCUT2D eigenvalue weighted by Gasteiger charge is 2.26. The number of fused-ring (bicyclic) bond motifs is 1. The molecule has 0 fully saturated rings. The zero-order valence-corrected chi connectivity index (χ0v) is 9.55. The van der Waals surface area contributed by atoms with Gasteiger partial charge in [0.1, 0.15) is 11.6 Å². The molecule has 0 amide bonds. The zero-order valence-electron chi connectivity index (χ0n) is 9.55. The van der Waals surface area contributed by atoms with Crippen molar-refractivity contribution < 1.29 is 17.6 Å². The second-order valence-corrected chi connectivity index (χ2v) is 3.94. The van der Waals surface area contributed by atoms with Gasteiger partial charge in [0.2, 0.25) is 0 Å². The molecule has 0 saturated heterocycles. The van der Waals surface area contributed by atoms with Gasteiger partial charge in [-0.05, 0) is 12.1 Å². The SMILES string of the molecule is Cn1c(CNCC(F)(F)F)nc2cc(F)ccc21. The highest BCUT2D eigenvalue weighted by molar-refractivity contribution is 5.75. The Balaban J connectivity index is 2.16. The minimum absolute atomic E-state index is 0.0215. The summed E-state index contributed by atoms with van der Waals surface area (Å²) in [7, 11) is 1.68. The van der Waals surface area contributed by atoms with E-state index in [4.69, 9.17) is 0 Å². The van der Waals surface area contributed by atoms with Crippen molar-refractivity contribution >= 4 is 11.0 Å². The lowest BCUT2D eigenvalue weighted by Crippen LogP contribution is -2.29. The van der Waals surface area contributed by atoms with E-state index in [0.29, 0.717) is 16.9 Å². The lowest BCUT2D eigenvalue weighted by atomic mass is 10.3. The Bertz CT molecular complexity index is 559. The maximum absolute atomic E-state index is 13.0. The molecule has 7 heteroatoms. The number of alkyl halides is 3. The molecule has 3 nitrogen and oxygen atoms in total. The first-order chi connectivity index (χ1) is 8.37. The van der Waals surface area contributed by atoms with Gasteiger partial charge in [-0.2, -0.15) is 13.2 Å². The fraction of sp³-hybridized carbons (Fsp3) is 0.364. The molecule has 0 spiro atoms. The smallest absolute Gasteiger partial charge is 0.330 e. The van der Waals surface area contributed by atoms with Gasteiger partial charge in [0.05, 0.1) is 24.1 Å². The van der Waals surface area contributed by atoms with Crippen molar-refractivity contribution in [3.05, 3.63) is 29.8 Å². The van der Waals surface area contributed by atoms with Crippen molar-refractivity contribution in [3.8, 4) is 0 Å². The molecule has 1 aromatic carbocycles. The standard InChI is InChI=1S/C11H11F4N3/c1-18-9-3-2-7(12)4-8(9)17-10(18)5-16-6-11(13,14)15/h2-4,16H,5-6H2,1H3. The largest absolute Gasteiger partial charge is 0.401 e. The fourth-order valence-corrected chi connectivity index (χ4v) is 1.70. The van der Waals surface area contributed by atoms with Gasteiger partial charge in [-0.25, -0.2) is 9.37 Å². The monoisotopic (exact) mass is 261 g/mol. The van der Waals surface area contributed by atoms with Crippen LogP contribution in [0.25, 0.3) is 11.0 Å². The summed E-state index contributed by atoms with van der Waals surface area (Å²) in [6.07, 6.45) is -4.25. The Labute approximate surface area is 100 Å². The molecule has 2 aromatic rings. The number of hydrogen-bond donors (Lipinski definition) is 1. The van der Waals surface area contributed by atoms with Gasteiger partial charge >= 0.3 is 6.18 Å². The molecule has 0 aliphatic carbocycles. The molecule has 2 rings (SSSR count). The van der Waals surface area contributed by atoms with Gasteiger partial charge in [-0.3, -0.25) is 0 Å². The summed E-state index contributed by atoms with van der Waals surface area (Å²) < 4.78 is 50.5. The molecule has 0 bridgehead atoms. The molecule has 18 heavy (non-hydrogen) atoms. The second kappa shape index (κ2) is 4.56. The summed E-state index contributed by atoms with van der Waals surface area (Å²) in [4.78, 5) is 4.09. The molecule has 0 unspecified atom stereocenters. The van der Waals surface area contributed by atoms with E-state index in [9.17, 15) is 17.6 Å². The van der Waals surface area contributed by atoms with Crippen LogP contribution in [-0.2, 0) is 13.6 Å². The Morgan fingerprint density at radius 1 is 1.33 bits per heavy atom. The van der Waals surface area contributed by atoms with Crippen molar-refractivity contribution in [1.82, 2.24) is 14.9 Å². The normalized spacial score (nSPS) is 12.3. The van der Waals surface area contributed by atoms with Crippen LogP contribution in [0.3, 0.4) is 0 Å².